The van der Waals surface area contributed by atoms with E-state index >= 15 is 0 Å². The Balaban J connectivity index is 1.47. The molecule has 2 aliphatic carbocycles. The van der Waals surface area contributed by atoms with E-state index in [-0.39, 0.29) is 21.9 Å². The van der Waals surface area contributed by atoms with Gasteiger partial charge in [-0.25, -0.2) is 12.8 Å². The Morgan fingerprint density at radius 2 is 1.72 bits per heavy atom. The second-order valence-electron chi connectivity index (χ2n) is 7.80. The Labute approximate surface area is 174 Å². The Morgan fingerprint density at radius 3 is 2.31 bits per heavy atom. The molecule has 0 aliphatic heterocycles. The number of carbonyl (C=O) groups excluding carboxylic acids is 1. The fourth-order valence-electron chi connectivity index (χ4n) is 3.88. The molecule has 2 fully saturated rings. The van der Waals surface area contributed by atoms with Crippen LogP contribution in [0.2, 0.25) is 5.02 Å². The first kappa shape index (κ1) is 20.2. The van der Waals surface area contributed by atoms with E-state index in [1.165, 1.54) is 0 Å². The highest BCUT2D eigenvalue weighted by molar-refractivity contribution is 7.92. The van der Waals surface area contributed by atoms with Gasteiger partial charge in [0, 0.05) is 11.7 Å². The lowest BCUT2D eigenvalue weighted by atomic mass is 9.94. The van der Waals surface area contributed by atoms with Crippen LogP contribution in [0.4, 0.5) is 10.1 Å². The fourth-order valence-corrected chi connectivity index (χ4v) is 5.21. The number of rotatable bonds is 6. The largest absolute Gasteiger partial charge is 0.353 e. The van der Waals surface area contributed by atoms with Crippen LogP contribution in [-0.2, 0) is 20.2 Å². The van der Waals surface area contributed by atoms with Gasteiger partial charge >= 0.3 is 0 Å². The molecule has 8 heteroatoms. The van der Waals surface area contributed by atoms with Gasteiger partial charge in [0.05, 0.1) is 15.3 Å². The molecule has 0 bridgehead atoms. The van der Waals surface area contributed by atoms with Crippen LogP contribution in [0.25, 0.3) is 0 Å². The maximum Gasteiger partial charge on any atom is 0.261 e. The van der Waals surface area contributed by atoms with E-state index in [9.17, 15) is 17.6 Å². The van der Waals surface area contributed by atoms with E-state index in [2.05, 4.69) is 10.0 Å². The minimum Gasteiger partial charge on any atom is -0.353 e. The highest BCUT2D eigenvalue weighted by Crippen LogP contribution is 2.49. The number of nitrogens with one attached hydrogen (secondary N) is 2. The van der Waals surface area contributed by atoms with E-state index in [0.29, 0.717) is 5.69 Å². The first-order chi connectivity index (χ1) is 13.8. The molecule has 0 unspecified atom stereocenters. The highest BCUT2D eigenvalue weighted by Gasteiger charge is 2.51. The van der Waals surface area contributed by atoms with Gasteiger partial charge in [0.15, 0.2) is 0 Å². The lowest BCUT2D eigenvalue weighted by Crippen LogP contribution is -2.40. The predicted molar refractivity (Wildman–Crippen MR) is 110 cm³/mol. The summed E-state index contributed by atoms with van der Waals surface area (Å²) in [5, 5.41) is 2.91. The maximum absolute atomic E-state index is 13.3. The zero-order valence-electron chi connectivity index (χ0n) is 15.8. The summed E-state index contributed by atoms with van der Waals surface area (Å²) < 4.78 is 40.8. The van der Waals surface area contributed by atoms with Gasteiger partial charge in [-0.3, -0.25) is 9.52 Å². The first-order valence-electron chi connectivity index (χ1n) is 9.70. The van der Waals surface area contributed by atoms with Crippen LogP contribution < -0.4 is 10.0 Å². The van der Waals surface area contributed by atoms with Gasteiger partial charge in [0.2, 0.25) is 5.91 Å². The van der Waals surface area contributed by atoms with Crippen LogP contribution in [0.5, 0.6) is 0 Å². The lowest BCUT2D eigenvalue weighted by molar-refractivity contribution is -0.124. The molecule has 1 amide bonds. The summed E-state index contributed by atoms with van der Waals surface area (Å²) in [6.07, 6.45) is 5.99. The van der Waals surface area contributed by atoms with E-state index in [4.69, 9.17) is 11.6 Å². The summed E-state index contributed by atoms with van der Waals surface area (Å²) in [5.74, 6) is -0.612. The van der Waals surface area contributed by atoms with Crippen LogP contribution in [0.1, 0.15) is 44.1 Å². The normalized spacial score (nSPS) is 18.4. The standard InChI is InChI=1S/C21H22ClFN2O3S/c22-18-13-17(9-10-19(18)23)29(27,28)25-16-7-5-14(6-8-16)21(11-12-21)20(26)24-15-3-1-2-4-15/h5-10,13,15,25H,1-4,11-12H2,(H,24,26). The number of carbonyl (C=O) groups is 1. The molecular formula is C21H22ClFN2O3S. The third kappa shape index (κ3) is 4.12. The first-order valence-corrected chi connectivity index (χ1v) is 11.6. The Bertz CT molecular complexity index is 1030. The molecule has 4 rings (SSSR count). The van der Waals surface area contributed by atoms with Crippen molar-refractivity contribution in [1.82, 2.24) is 5.32 Å². The van der Waals surface area contributed by atoms with Gasteiger partial charge in [0.25, 0.3) is 10.0 Å². The zero-order chi connectivity index (χ0) is 20.6. The molecule has 2 aliphatic rings. The predicted octanol–water partition coefficient (Wildman–Crippen LogP) is 4.37. The van der Waals surface area contributed by atoms with Crippen molar-refractivity contribution in [3.8, 4) is 0 Å². The van der Waals surface area contributed by atoms with Gasteiger partial charge in [-0.1, -0.05) is 36.6 Å². The van der Waals surface area contributed by atoms with E-state index in [1.54, 1.807) is 24.3 Å². The molecule has 2 aromatic rings. The van der Waals surface area contributed by atoms with Crippen LogP contribution >= 0.6 is 11.6 Å². The van der Waals surface area contributed by atoms with Crippen molar-refractivity contribution in [3.05, 3.63) is 58.9 Å². The maximum atomic E-state index is 13.3. The zero-order valence-corrected chi connectivity index (χ0v) is 17.3. The van der Waals surface area contributed by atoms with Crippen molar-refractivity contribution in [2.75, 3.05) is 4.72 Å². The van der Waals surface area contributed by atoms with Gasteiger partial charge in [-0.15, -0.1) is 0 Å². The molecule has 0 saturated heterocycles. The summed E-state index contributed by atoms with van der Waals surface area (Å²) in [6.45, 7) is 0. The topological polar surface area (TPSA) is 75.3 Å². The molecule has 2 saturated carbocycles. The molecule has 0 heterocycles. The second-order valence-corrected chi connectivity index (χ2v) is 9.89. The quantitative estimate of drug-likeness (QED) is 0.706. The third-order valence-corrected chi connectivity index (χ3v) is 7.43. The SMILES string of the molecule is O=C(NC1CCCC1)C1(c2ccc(NS(=O)(=O)c3ccc(F)c(Cl)c3)cc2)CC1. The highest BCUT2D eigenvalue weighted by atomic mass is 35.5. The van der Waals surface area contributed by atoms with Crippen molar-refractivity contribution in [2.45, 2.75) is 54.9 Å². The summed E-state index contributed by atoms with van der Waals surface area (Å²) in [7, 11) is -3.90. The Morgan fingerprint density at radius 1 is 1.07 bits per heavy atom. The molecule has 29 heavy (non-hydrogen) atoms. The summed E-state index contributed by atoms with van der Waals surface area (Å²) >= 11 is 5.69. The molecule has 0 spiro atoms. The Hall–Kier alpha value is -2.12. The number of hydrogen-bond acceptors (Lipinski definition) is 3. The number of anilines is 1. The number of halogens is 2. The third-order valence-electron chi connectivity index (χ3n) is 5.77. The van der Waals surface area contributed by atoms with Gasteiger partial charge in [-0.05, 0) is 61.6 Å². The van der Waals surface area contributed by atoms with Gasteiger partial charge < -0.3 is 5.32 Å². The molecule has 5 nitrogen and oxygen atoms in total. The minimum absolute atomic E-state index is 0.0682. The number of hydrogen-bond donors (Lipinski definition) is 2. The van der Waals surface area contributed by atoms with Crippen molar-refractivity contribution in [3.63, 3.8) is 0 Å². The van der Waals surface area contributed by atoms with E-state index < -0.39 is 21.3 Å². The molecule has 2 N–H and O–H groups in total. The fraction of sp³-hybridized carbons (Fsp3) is 0.381. The van der Waals surface area contributed by atoms with Gasteiger partial charge in [-0.2, -0.15) is 0 Å². The average Bonchev–Trinajstić information content (AvgIpc) is 3.35. The van der Waals surface area contributed by atoms with Crippen LogP contribution in [0.3, 0.4) is 0 Å². The summed E-state index contributed by atoms with van der Waals surface area (Å²) in [4.78, 5) is 12.7. The van der Waals surface area contributed by atoms with E-state index in [1.807, 2.05) is 0 Å². The molecule has 2 aromatic carbocycles. The van der Waals surface area contributed by atoms with Crippen LogP contribution in [-0.4, -0.2) is 20.4 Å². The number of sulfonamides is 1. The van der Waals surface area contributed by atoms with Crippen LogP contribution in [0, 0.1) is 5.82 Å². The van der Waals surface area contributed by atoms with Crippen molar-refractivity contribution < 1.29 is 17.6 Å². The van der Waals surface area contributed by atoms with Crippen molar-refractivity contribution in [2.24, 2.45) is 0 Å². The van der Waals surface area contributed by atoms with E-state index in [0.717, 1.165) is 62.3 Å². The van der Waals surface area contributed by atoms with Crippen LogP contribution in [0.15, 0.2) is 47.4 Å². The molecule has 0 radical (unpaired) electrons. The smallest absolute Gasteiger partial charge is 0.261 e. The molecule has 154 valence electrons. The lowest BCUT2D eigenvalue weighted by Gasteiger charge is -2.20. The molecule has 0 atom stereocenters. The molecular weight excluding hydrogens is 415 g/mol. The summed E-state index contributed by atoms with van der Waals surface area (Å²) in [6, 6.07) is 10.4. The number of benzene rings is 2. The molecule has 0 aromatic heterocycles. The number of amides is 1. The monoisotopic (exact) mass is 436 g/mol. The summed E-state index contributed by atoms with van der Waals surface area (Å²) in [5.41, 5.74) is 0.756. The average molecular weight is 437 g/mol. The minimum atomic E-state index is -3.90. The van der Waals surface area contributed by atoms with Gasteiger partial charge in [0.1, 0.15) is 5.82 Å². The van der Waals surface area contributed by atoms with Crippen molar-refractivity contribution >= 4 is 33.2 Å². The van der Waals surface area contributed by atoms with Crippen molar-refractivity contribution in [1.29, 1.82) is 0 Å². The Kier molecular flexibility index (Phi) is 5.29. The second kappa shape index (κ2) is 7.61.